The van der Waals surface area contributed by atoms with Gasteiger partial charge in [0.05, 0.1) is 6.42 Å². The second kappa shape index (κ2) is 7.12. The molecule has 0 saturated heterocycles. The van der Waals surface area contributed by atoms with E-state index in [1.807, 2.05) is 0 Å². The Balaban J connectivity index is 0. The Morgan fingerprint density at radius 2 is 1.00 bits per heavy atom. The van der Waals surface area contributed by atoms with Crippen molar-refractivity contribution in [1.29, 1.82) is 0 Å². The maximum Gasteiger partial charge on any atom is 0.137 e. The van der Waals surface area contributed by atoms with Gasteiger partial charge in [0, 0.05) is 0 Å². The number of hydrogen-bond acceptors (Lipinski definition) is 3. The highest BCUT2D eigenvalue weighted by atomic mass is 16.1. The minimum Gasteiger partial charge on any atom is -0.300 e. The molecule has 0 fully saturated rings. The lowest BCUT2D eigenvalue weighted by Crippen LogP contribution is -1.97. The molecule has 64 valence electrons. The lowest BCUT2D eigenvalue weighted by molar-refractivity contribution is -0.124. The molecular weight excluding hydrogens is 144 g/mol. The number of rotatable bonds is 2. The molecule has 0 unspecified atom stereocenters. The van der Waals surface area contributed by atoms with Crippen molar-refractivity contribution in [1.82, 2.24) is 0 Å². The van der Waals surface area contributed by atoms with E-state index in [0.29, 0.717) is 0 Å². The third-order valence-electron chi connectivity index (χ3n) is 0.498. The average molecular weight is 158 g/mol. The fourth-order valence-electron chi connectivity index (χ4n) is 0.351. The summed E-state index contributed by atoms with van der Waals surface area (Å²) in [6, 6.07) is 0. The number of ketones is 3. The molecule has 0 saturated carbocycles. The number of hydrogen-bond donors (Lipinski definition) is 0. The smallest absolute Gasteiger partial charge is 0.137 e. The normalized spacial score (nSPS) is 7.64. The predicted molar refractivity (Wildman–Crippen MR) is 42.3 cm³/mol. The minimum absolute atomic E-state index is 0.0625. The summed E-state index contributed by atoms with van der Waals surface area (Å²) in [6.07, 6.45) is 0.0833. The zero-order chi connectivity index (χ0) is 9.44. The van der Waals surface area contributed by atoms with Crippen LogP contribution in [0.15, 0.2) is 0 Å². The fourth-order valence-corrected chi connectivity index (χ4v) is 0.351. The van der Waals surface area contributed by atoms with Crippen molar-refractivity contribution in [2.75, 3.05) is 0 Å². The lowest BCUT2D eigenvalue weighted by atomic mass is 10.2. The van der Waals surface area contributed by atoms with Crippen molar-refractivity contribution in [3.63, 3.8) is 0 Å². The topological polar surface area (TPSA) is 51.2 Å². The van der Waals surface area contributed by atoms with Gasteiger partial charge in [0.1, 0.15) is 17.3 Å². The van der Waals surface area contributed by atoms with E-state index in [1.165, 1.54) is 27.7 Å². The minimum atomic E-state index is -0.0625. The first kappa shape index (κ1) is 12.7. The van der Waals surface area contributed by atoms with Crippen LogP contribution in [0.3, 0.4) is 0 Å². The molecule has 0 aromatic rings. The molecule has 0 amide bonds. The molecule has 0 heterocycles. The molecule has 0 spiro atoms. The van der Waals surface area contributed by atoms with E-state index >= 15 is 0 Å². The Bertz CT molecular complexity index is 143. The predicted octanol–water partition coefficient (Wildman–Crippen LogP) is 1.15. The van der Waals surface area contributed by atoms with Gasteiger partial charge in [-0.1, -0.05) is 0 Å². The molecule has 0 bridgehead atoms. The van der Waals surface area contributed by atoms with Gasteiger partial charge < -0.3 is 4.79 Å². The lowest BCUT2D eigenvalue weighted by Gasteiger charge is -1.81. The van der Waals surface area contributed by atoms with Crippen LogP contribution in [0.1, 0.15) is 34.1 Å². The Hall–Kier alpha value is -0.990. The maximum absolute atomic E-state index is 10.0. The molecule has 11 heavy (non-hydrogen) atoms. The van der Waals surface area contributed by atoms with Crippen molar-refractivity contribution in [3.05, 3.63) is 0 Å². The van der Waals surface area contributed by atoms with Gasteiger partial charge in [-0.05, 0) is 27.7 Å². The summed E-state index contributed by atoms with van der Waals surface area (Å²) in [5.41, 5.74) is 0. The van der Waals surface area contributed by atoms with Crippen molar-refractivity contribution in [3.8, 4) is 0 Å². The van der Waals surface area contributed by atoms with Gasteiger partial charge in [0.15, 0.2) is 0 Å². The molecule has 0 aromatic heterocycles. The van der Waals surface area contributed by atoms with Gasteiger partial charge in [-0.25, -0.2) is 0 Å². The summed E-state index contributed by atoms with van der Waals surface area (Å²) < 4.78 is 0. The van der Waals surface area contributed by atoms with E-state index in [4.69, 9.17) is 0 Å². The number of carbonyl (C=O) groups is 3. The summed E-state index contributed by atoms with van der Waals surface area (Å²) in [5.74, 6) is 0.0417. The standard InChI is InChI=1S/C5H8O2.C3H6O/c1-4(6)3-5(2)7;1-3(2)4/h3H2,1-2H3;1-2H3. The van der Waals surface area contributed by atoms with Crippen LogP contribution < -0.4 is 0 Å². The van der Waals surface area contributed by atoms with Crippen LogP contribution in [0, 0.1) is 0 Å². The van der Waals surface area contributed by atoms with Gasteiger partial charge in [-0.2, -0.15) is 0 Å². The van der Waals surface area contributed by atoms with E-state index in [-0.39, 0.29) is 23.8 Å². The first-order valence-corrected chi connectivity index (χ1v) is 3.32. The van der Waals surface area contributed by atoms with Crippen molar-refractivity contribution in [2.45, 2.75) is 34.1 Å². The molecule has 0 aliphatic heterocycles. The van der Waals surface area contributed by atoms with E-state index in [1.54, 1.807) is 0 Å². The molecule has 0 aromatic carbocycles. The van der Waals surface area contributed by atoms with E-state index in [2.05, 4.69) is 0 Å². The Kier molecular flexibility index (Phi) is 8.20. The number of carbonyl (C=O) groups excluding carboxylic acids is 3. The third-order valence-corrected chi connectivity index (χ3v) is 0.498. The van der Waals surface area contributed by atoms with Crippen LogP contribution in [0.4, 0.5) is 0 Å². The highest BCUT2D eigenvalue weighted by Gasteiger charge is 1.94. The third kappa shape index (κ3) is 48.9. The van der Waals surface area contributed by atoms with Crippen LogP contribution in [0.2, 0.25) is 0 Å². The Morgan fingerprint density at radius 1 is 0.818 bits per heavy atom. The van der Waals surface area contributed by atoms with Crippen molar-refractivity contribution >= 4 is 17.3 Å². The molecule has 0 rings (SSSR count). The molecule has 3 nitrogen and oxygen atoms in total. The second-order valence-corrected chi connectivity index (χ2v) is 2.49. The molecule has 0 aliphatic carbocycles. The summed E-state index contributed by atoms with van der Waals surface area (Å²) in [4.78, 5) is 29.5. The van der Waals surface area contributed by atoms with Crippen LogP contribution in [-0.2, 0) is 14.4 Å². The maximum atomic E-state index is 10.0. The monoisotopic (exact) mass is 158 g/mol. The summed E-state index contributed by atoms with van der Waals surface area (Å²) >= 11 is 0. The molecule has 3 heteroatoms. The van der Waals surface area contributed by atoms with Crippen LogP contribution in [0.25, 0.3) is 0 Å². The molecule has 0 N–H and O–H groups in total. The SMILES string of the molecule is CC(=O)CC(C)=O.CC(C)=O. The Labute approximate surface area is 66.8 Å². The molecule has 0 radical (unpaired) electrons. The highest BCUT2D eigenvalue weighted by molar-refractivity contribution is 5.96. The largest absolute Gasteiger partial charge is 0.300 e. The van der Waals surface area contributed by atoms with E-state index < -0.39 is 0 Å². The fraction of sp³-hybridized carbons (Fsp3) is 0.625. The van der Waals surface area contributed by atoms with Gasteiger partial charge >= 0.3 is 0 Å². The van der Waals surface area contributed by atoms with E-state index in [0.717, 1.165) is 0 Å². The Morgan fingerprint density at radius 3 is 1.00 bits per heavy atom. The van der Waals surface area contributed by atoms with Crippen LogP contribution in [-0.4, -0.2) is 17.3 Å². The molecule has 0 atom stereocenters. The van der Waals surface area contributed by atoms with Crippen LogP contribution in [0.5, 0.6) is 0 Å². The molecular formula is C8H14O3. The highest BCUT2D eigenvalue weighted by Crippen LogP contribution is 1.80. The first-order chi connectivity index (χ1) is 4.86. The molecule has 0 aliphatic rings. The average Bonchev–Trinajstić information content (AvgIpc) is 1.56. The van der Waals surface area contributed by atoms with Gasteiger partial charge in [-0.15, -0.1) is 0 Å². The zero-order valence-corrected chi connectivity index (χ0v) is 7.43. The summed E-state index contributed by atoms with van der Waals surface area (Å²) in [6.45, 7) is 5.86. The van der Waals surface area contributed by atoms with Gasteiger partial charge in [-0.3, -0.25) is 9.59 Å². The van der Waals surface area contributed by atoms with Crippen molar-refractivity contribution in [2.24, 2.45) is 0 Å². The quantitative estimate of drug-likeness (QED) is 0.566. The van der Waals surface area contributed by atoms with E-state index in [9.17, 15) is 14.4 Å². The summed E-state index contributed by atoms with van der Waals surface area (Å²) in [7, 11) is 0. The van der Waals surface area contributed by atoms with Crippen LogP contribution >= 0.6 is 0 Å². The first-order valence-electron chi connectivity index (χ1n) is 3.32. The zero-order valence-electron chi connectivity index (χ0n) is 7.43. The van der Waals surface area contributed by atoms with Gasteiger partial charge in [0.2, 0.25) is 0 Å². The number of Topliss-reactive ketones (excluding diaryl/α,β-unsaturated/α-hetero) is 3. The van der Waals surface area contributed by atoms with Crippen molar-refractivity contribution < 1.29 is 14.4 Å². The second-order valence-electron chi connectivity index (χ2n) is 2.49. The van der Waals surface area contributed by atoms with Gasteiger partial charge in [0.25, 0.3) is 0 Å². The summed E-state index contributed by atoms with van der Waals surface area (Å²) in [5, 5.41) is 0.